The van der Waals surface area contributed by atoms with Crippen molar-refractivity contribution in [3.8, 4) is 23.0 Å². The molecule has 0 unspecified atom stereocenters. The zero-order valence-corrected chi connectivity index (χ0v) is 24.3. The Morgan fingerprint density at radius 3 is 2.56 bits per heavy atom. The number of fused-ring (bicyclic) bond motifs is 4. The van der Waals surface area contributed by atoms with E-state index >= 15 is 0 Å². The van der Waals surface area contributed by atoms with Crippen molar-refractivity contribution in [2.24, 2.45) is 0 Å². The standard InChI is InChI=1S/C33H30O10/c1-18(2)9-13-38-31-29-22(11-15-37-29)27(35-5)21-8-12-33(42-30(21)31)41-25(32(3,4)43-33)17-39-28-19-6-7-26(34)40-24(19)16-23-20(28)10-14-36-23/h6-12,14-16,25H,13,17H2,1-5H3/t25-,33+/m1/s1. The zero-order valence-electron chi connectivity index (χ0n) is 24.3. The number of methoxy groups -OCH3 is 1. The molecule has 2 aliphatic heterocycles. The van der Waals surface area contributed by atoms with Gasteiger partial charge in [-0.1, -0.05) is 5.57 Å². The smallest absolute Gasteiger partial charge is 0.350 e. The first-order valence-corrected chi connectivity index (χ1v) is 13.9. The number of furan rings is 2. The number of hydrogen-bond donors (Lipinski definition) is 0. The number of rotatable bonds is 7. The lowest BCUT2D eigenvalue weighted by Gasteiger charge is -2.31. The SMILES string of the molecule is COc1c2c(c(OCC=C(C)C)c3occc13)O[C@]1(C=C2)O[C@H](COc2c3ccoc3cc3oc(=O)ccc23)C(C)(C)O1. The lowest BCUT2D eigenvalue weighted by atomic mass is 10.0. The minimum absolute atomic E-state index is 0.0990. The highest BCUT2D eigenvalue weighted by molar-refractivity contribution is 6.01. The summed E-state index contributed by atoms with van der Waals surface area (Å²) in [6.07, 6.45) is 8.10. The molecule has 0 bridgehead atoms. The summed E-state index contributed by atoms with van der Waals surface area (Å²) in [6.45, 7) is 8.22. The fourth-order valence-corrected chi connectivity index (χ4v) is 5.47. The van der Waals surface area contributed by atoms with Crippen LogP contribution in [0.1, 0.15) is 33.3 Å². The van der Waals surface area contributed by atoms with Crippen molar-refractivity contribution in [3.05, 3.63) is 76.6 Å². The highest BCUT2D eigenvalue weighted by Crippen LogP contribution is 2.53. The Morgan fingerprint density at radius 2 is 1.74 bits per heavy atom. The van der Waals surface area contributed by atoms with E-state index in [0.717, 1.165) is 16.3 Å². The second kappa shape index (κ2) is 9.96. The maximum atomic E-state index is 11.9. The van der Waals surface area contributed by atoms with Gasteiger partial charge in [-0.05, 0) is 58.0 Å². The summed E-state index contributed by atoms with van der Waals surface area (Å²) in [5.74, 6) is 0.326. The van der Waals surface area contributed by atoms with Crippen LogP contribution in [0.25, 0.3) is 39.0 Å². The summed E-state index contributed by atoms with van der Waals surface area (Å²) in [7, 11) is 1.60. The van der Waals surface area contributed by atoms with Gasteiger partial charge in [0.2, 0.25) is 5.75 Å². The minimum atomic E-state index is -1.57. The molecule has 0 radical (unpaired) electrons. The van der Waals surface area contributed by atoms with Crippen molar-refractivity contribution in [2.75, 3.05) is 20.3 Å². The monoisotopic (exact) mass is 586 g/mol. The Morgan fingerprint density at radius 1 is 0.953 bits per heavy atom. The minimum Gasteiger partial charge on any atom is -0.495 e. The van der Waals surface area contributed by atoms with E-state index in [0.29, 0.717) is 57.3 Å². The molecule has 1 spiro atoms. The Balaban J connectivity index is 1.22. The molecule has 3 aromatic heterocycles. The third kappa shape index (κ3) is 4.54. The summed E-state index contributed by atoms with van der Waals surface area (Å²) in [6, 6.07) is 8.33. The van der Waals surface area contributed by atoms with Crippen LogP contribution in [-0.2, 0) is 9.47 Å². The van der Waals surface area contributed by atoms with Gasteiger partial charge in [-0.3, -0.25) is 0 Å². The predicted octanol–water partition coefficient (Wildman–Crippen LogP) is 6.97. The van der Waals surface area contributed by atoms with E-state index in [2.05, 4.69) is 0 Å². The first kappa shape index (κ1) is 27.2. The number of benzene rings is 2. The molecule has 1 fully saturated rings. The summed E-state index contributed by atoms with van der Waals surface area (Å²) in [5.41, 5.74) is 1.88. The van der Waals surface area contributed by atoms with E-state index in [1.165, 1.54) is 6.07 Å². The Kier molecular flexibility index (Phi) is 6.30. The summed E-state index contributed by atoms with van der Waals surface area (Å²) < 4.78 is 54.6. The average Bonchev–Trinajstić information content (AvgIpc) is 3.68. The topological polar surface area (TPSA) is 112 Å². The maximum absolute atomic E-state index is 11.9. The van der Waals surface area contributed by atoms with Gasteiger partial charge in [-0.25, -0.2) is 4.79 Å². The Bertz CT molecular complexity index is 1980. The normalized spacial score (nSPS) is 20.4. The maximum Gasteiger partial charge on any atom is 0.350 e. The first-order chi connectivity index (χ1) is 20.7. The molecule has 0 amide bonds. The molecule has 222 valence electrons. The van der Waals surface area contributed by atoms with E-state index in [4.69, 9.17) is 41.7 Å². The van der Waals surface area contributed by atoms with E-state index in [1.54, 1.807) is 43.9 Å². The van der Waals surface area contributed by atoms with Crippen LogP contribution in [0.3, 0.4) is 0 Å². The highest BCUT2D eigenvalue weighted by Gasteiger charge is 2.55. The van der Waals surface area contributed by atoms with Gasteiger partial charge in [0, 0.05) is 18.2 Å². The van der Waals surface area contributed by atoms with E-state index in [-0.39, 0.29) is 6.61 Å². The van der Waals surface area contributed by atoms with Crippen LogP contribution in [0.5, 0.6) is 23.0 Å². The third-order valence-corrected chi connectivity index (χ3v) is 7.61. The Hall–Kier alpha value is -4.67. The van der Waals surface area contributed by atoms with Crippen molar-refractivity contribution in [2.45, 2.75) is 45.4 Å². The van der Waals surface area contributed by atoms with Gasteiger partial charge >= 0.3 is 11.6 Å². The summed E-state index contributed by atoms with van der Waals surface area (Å²) in [4.78, 5) is 11.9. The fraction of sp³-hybridized carbons (Fsp3) is 0.303. The number of ether oxygens (including phenoxy) is 6. The predicted molar refractivity (Wildman–Crippen MR) is 158 cm³/mol. The van der Waals surface area contributed by atoms with E-state index in [1.807, 2.05) is 45.9 Å². The third-order valence-electron chi connectivity index (χ3n) is 7.61. The van der Waals surface area contributed by atoms with Gasteiger partial charge in [-0.2, -0.15) is 0 Å². The zero-order chi connectivity index (χ0) is 29.9. The summed E-state index contributed by atoms with van der Waals surface area (Å²) >= 11 is 0. The van der Waals surface area contributed by atoms with Crippen LogP contribution in [0.4, 0.5) is 0 Å². The van der Waals surface area contributed by atoms with Gasteiger partial charge in [0.15, 0.2) is 11.3 Å². The quantitative estimate of drug-likeness (QED) is 0.146. The van der Waals surface area contributed by atoms with Crippen molar-refractivity contribution >= 4 is 39.0 Å². The molecular weight excluding hydrogens is 556 g/mol. The van der Waals surface area contributed by atoms with Crippen molar-refractivity contribution in [3.63, 3.8) is 0 Å². The van der Waals surface area contributed by atoms with Gasteiger partial charge in [0.05, 0.1) is 47.0 Å². The van der Waals surface area contributed by atoms with Crippen LogP contribution >= 0.6 is 0 Å². The lowest BCUT2D eigenvalue weighted by molar-refractivity contribution is -0.271. The van der Waals surface area contributed by atoms with Crippen LogP contribution < -0.4 is 24.6 Å². The average molecular weight is 587 g/mol. The molecule has 2 atom stereocenters. The van der Waals surface area contributed by atoms with Gasteiger partial charge in [0.25, 0.3) is 0 Å². The van der Waals surface area contributed by atoms with Gasteiger partial charge < -0.3 is 41.7 Å². The molecule has 10 nitrogen and oxygen atoms in total. The van der Waals surface area contributed by atoms with Crippen molar-refractivity contribution < 1.29 is 41.7 Å². The van der Waals surface area contributed by atoms with E-state index < -0.39 is 23.3 Å². The first-order valence-electron chi connectivity index (χ1n) is 13.9. The molecule has 43 heavy (non-hydrogen) atoms. The van der Waals surface area contributed by atoms with Gasteiger partial charge in [-0.15, -0.1) is 0 Å². The second-order valence-electron chi connectivity index (χ2n) is 11.2. The summed E-state index contributed by atoms with van der Waals surface area (Å²) in [5, 5.41) is 2.13. The molecule has 0 saturated carbocycles. The van der Waals surface area contributed by atoms with Crippen LogP contribution in [-0.4, -0.2) is 38.0 Å². The largest absolute Gasteiger partial charge is 0.495 e. The van der Waals surface area contributed by atoms with Crippen LogP contribution in [0, 0.1) is 0 Å². The number of allylic oxidation sites excluding steroid dienone is 1. The lowest BCUT2D eigenvalue weighted by Crippen LogP contribution is -2.39. The fourth-order valence-electron chi connectivity index (χ4n) is 5.47. The Labute approximate surface area is 245 Å². The van der Waals surface area contributed by atoms with Crippen molar-refractivity contribution in [1.29, 1.82) is 0 Å². The van der Waals surface area contributed by atoms with Crippen LogP contribution in [0.15, 0.2) is 78.6 Å². The van der Waals surface area contributed by atoms with Crippen molar-refractivity contribution in [1.82, 2.24) is 0 Å². The molecule has 7 rings (SSSR count). The van der Waals surface area contributed by atoms with E-state index in [9.17, 15) is 4.79 Å². The molecule has 5 aromatic rings. The molecule has 2 aromatic carbocycles. The molecule has 2 aliphatic rings. The molecule has 0 N–H and O–H groups in total. The molecule has 1 saturated heterocycles. The highest BCUT2D eigenvalue weighted by atomic mass is 16.9. The molecule has 5 heterocycles. The van der Waals surface area contributed by atoms with Crippen LogP contribution in [0.2, 0.25) is 0 Å². The molecular formula is C33H30O10. The number of hydrogen-bond acceptors (Lipinski definition) is 10. The second-order valence-corrected chi connectivity index (χ2v) is 11.2. The van der Waals surface area contributed by atoms with Gasteiger partial charge in [0.1, 0.15) is 42.0 Å². The molecule has 10 heteroatoms. The molecule has 0 aliphatic carbocycles.